The van der Waals surface area contributed by atoms with Crippen LogP contribution in [0.5, 0.6) is 0 Å². The van der Waals surface area contributed by atoms with Crippen LogP contribution in [0, 0.1) is 0 Å². The summed E-state index contributed by atoms with van der Waals surface area (Å²) in [5.41, 5.74) is 2.07. The van der Waals surface area contributed by atoms with Crippen molar-refractivity contribution in [2.45, 2.75) is 39.5 Å². The van der Waals surface area contributed by atoms with Gasteiger partial charge < -0.3 is 4.42 Å². The Kier molecular flexibility index (Phi) is 2.76. The molecule has 1 heterocycles. The van der Waals surface area contributed by atoms with Crippen LogP contribution in [-0.4, -0.2) is 5.78 Å². The Labute approximate surface area is 90.0 Å². The predicted octanol–water partition coefficient (Wildman–Crippen LogP) is 3.61. The second-order valence-corrected chi connectivity index (χ2v) is 4.11. The van der Waals surface area contributed by atoms with Crippen LogP contribution in [0.1, 0.15) is 55.0 Å². The number of Topliss-reactive ketones (excluding diaryl/α,β-unsaturated/α-hetero) is 1. The zero-order valence-electron chi connectivity index (χ0n) is 9.30. The topological polar surface area (TPSA) is 30.2 Å². The molecule has 1 aliphatic carbocycles. The van der Waals surface area contributed by atoms with Crippen LogP contribution in [0.2, 0.25) is 0 Å². The molecule has 1 aromatic rings. The molecule has 0 saturated carbocycles. The lowest BCUT2D eigenvalue weighted by Crippen LogP contribution is -2.07. The molecule has 0 N–H and O–H groups in total. The van der Waals surface area contributed by atoms with Gasteiger partial charge in [-0.15, -0.1) is 0 Å². The van der Waals surface area contributed by atoms with Crippen LogP contribution in [0.25, 0.3) is 6.08 Å². The number of aryl methyl sites for hydroxylation is 1. The Hall–Kier alpha value is -1.31. The van der Waals surface area contributed by atoms with Gasteiger partial charge in [0.25, 0.3) is 0 Å². The fourth-order valence-electron chi connectivity index (χ4n) is 1.83. The van der Waals surface area contributed by atoms with Crippen molar-refractivity contribution < 1.29 is 9.21 Å². The molecule has 0 unspecified atom stereocenters. The molecule has 2 heteroatoms. The molecule has 80 valence electrons. The van der Waals surface area contributed by atoms with E-state index >= 15 is 0 Å². The van der Waals surface area contributed by atoms with Gasteiger partial charge >= 0.3 is 0 Å². The highest BCUT2D eigenvalue weighted by molar-refractivity contribution is 5.98. The van der Waals surface area contributed by atoms with E-state index in [1.54, 1.807) is 0 Å². The van der Waals surface area contributed by atoms with Crippen molar-refractivity contribution in [1.82, 2.24) is 0 Å². The second-order valence-electron chi connectivity index (χ2n) is 4.11. The van der Waals surface area contributed by atoms with Crippen molar-refractivity contribution in [3.8, 4) is 0 Å². The molecule has 0 aromatic carbocycles. The number of furan rings is 1. The smallest absolute Gasteiger partial charge is 0.166 e. The number of carbonyl (C=O) groups is 1. The fraction of sp³-hybridized carbons (Fsp3) is 0.462. The first-order chi connectivity index (χ1) is 7.20. The Balaban J connectivity index is 2.33. The highest BCUT2D eigenvalue weighted by Crippen LogP contribution is 2.26. The first kappa shape index (κ1) is 10.2. The summed E-state index contributed by atoms with van der Waals surface area (Å²) in [7, 11) is 0. The second kappa shape index (κ2) is 4.05. The van der Waals surface area contributed by atoms with E-state index in [9.17, 15) is 4.79 Å². The number of ketones is 1. The predicted molar refractivity (Wildman–Crippen MR) is 59.9 cm³/mol. The molecule has 0 bridgehead atoms. The molecule has 0 fully saturated rings. The molecule has 2 nitrogen and oxygen atoms in total. The van der Waals surface area contributed by atoms with Gasteiger partial charge in [-0.2, -0.15) is 0 Å². The average molecular weight is 204 g/mol. The summed E-state index contributed by atoms with van der Waals surface area (Å²) in [6.07, 6.45) is 5.53. The largest absolute Gasteiger partial charge is 0.461 e. The summed E-state index contributed by atoms with van der Waals surface area (Å²) in [5, 5.41) is 0. The molecule has 1 aliphatic rings. The third-order valence-electron chi connectivity index (χ3n) is 2.88. The quantitative estimate of drug-likeness (QED) is 0.736. The van der Waals surface area contributed by atoms with Crippen molar-refractivity contribution in [1.29, 1.82) is 0 Å². The van der Waals surface area contributed by atoms with Crippen molar-refractivity contribution in [2.24, 2.45) is 0 Å². The van der Waals surface area contributed by atoms with E-state index in [0.717, 1.165) is 36.3 Å². The third-order valence-corrected chi connectivity index (χ3v) is 2.88. The lowest BCUT2D eigenvalue weighted by Gasteiger charge is -2.06. The maximum Gasteiger partial charge on any atom is 0.166 e. The Morgan fingerprint density at radius 2 is 2.33 bits per heavy atom. The van der Waals surface area contributed by atoms with Crippen LogP contribution in [0.4, 0.5) is 0 Å². The van der Waals surface area contributed by atoms with E-state index in [1.165, 1.54) is 5.57 Å². The van der Waals surface area contributed by atoms with Gasteiger partial charge in [-0.25, -0.2) is 0 Å². The Morgan fingerprint density at radius 3 is 3.00 bits per heavy atom. The fourth-order valence-corrected chi connectivity index (χ4v) is 1.83. The third kappa shape index (κ3) is 2.04. The molecule has 1 aromatic heterocycles. The first-order valence-electron chi connectivity index (χ1n) is 5.53. The highest BCUT2D eigenvalue weighted by atomic mass is 16.3. The van der Waals surface area contributed by atoms with Crippen LogP contribution >= 0.6 is 0 Å². The summed E-state index contributed by atoms with van der Waals surface area (Å²) in [6.45, 7) is 4.18. The molecule has 0 atom stereocenters. The summed E-state index contributed by atoms with van der Waals surface area (Å²) in [6, 6.07) is 1.88. The number of hydrogen-bond donors (Lipinski definition) is 0. The maximum atomic E-state index is 11.6. The van der Waals surface area contributed by atoms with E-state index in [0.29, 0.717) is 6.42 Å². The average Bonchev–Trinajstić information content (AvgIpc) is 2.62. The summed E-state index contributed by atoms with van der Waals surface area (Å²) < 4.78 is 5.65. The molecule has 15 heavy (non-hydrogen) atoms. The minimum Gasteiger partial charge on any atom is -0.461 e. The van der Waals surface area contributed by atoms with E-state index in [-0.39, 0.29) is 5.78 Å². The van der Waals surface area contributed by atoms with Crippen molar-refractivity contribution in [2.75, 3.05) is 0 Å². The van der Waals surface area contributed by atoms with Crippen LogP contribution in [-0.2, 0) is 6.42 Å². The van der Waals surface area contributed by atoms with E-state index < -0.39 is 0 Å². The van der Waals surface area contributed by atoms with Gasteiger partial charge in [-0.1, -0.05) is 12.5 Å². The minimum absolute atomic E-state index is 0.230. The molecule has 0 aliphatic heterocycles. The van der Waals surface area contributed by atoms with Gasteiger partial charge in [-0.05, 0) is 31.9 Å². The minimum atomic E-state index is 0.230. The van der Waals surface area contributed by atoms with Crippen molar-refractivity contribution in [3.63, 3.8) is 0 Å². The monoisotopic (exact) mass is 204 g/mol. The summed E-state index contributed by atoms with van der Waals surface area (Å²) in [5.74, 6) is 1.94. The van der Waals surface area contributed by atoms with Crippen molar-refractivity contribution in [3.05, 3.63) is 28.7 Å². The zero-order chi connectivity index (χ0) is 10.8. The molecule has 0 radical (unpaired) electrons. The lowest BCUT2D eigenvalue weighted by molar-refractivity contribution is 0.0969. The number of fused-ring (bicyclic) bond motifs is 1. The number of hydrogen-bond acceptors (Lipinski definition) is 2. The number of rotatable bonds is 2. The zero-order valence-corrected chi connectivity index (χ0v) is 9.30. The molecule has 0 spiro atoms. The first-order valence-corrected chi connectivity index (χ1v) is 5.53. The van der Waals surface area contributed by atoms with Crippen LogP contribution < -0.4 is 0 Å². The van der Waals surface area contributed by atoms with Crippen molar-refractivity contribution >= 4 is 11.9 Å². The lowest BCUT2D eigenvalue weighted by atomic mass is 9.97. The van der Waals surface area contributed by atoms with E-state index in [2.05, 4.69) is 13.8 Å². The van der Waals surface area contributed by atoms with Gasteiger partial charge in [0.15, 0.2) is 5.78 Å². The normalized spacial score (nSPS) is 16.7. The molecule has 0 saturated heterocycles. The van der Waals surface area contributed by atoms with Gasteiger partial charge in [-0.3, -0.25) is 4.79 Å². The molecule has 0 amide bonds. The summed E-state index contributed by atoms with van der Waals surface area (Å²) in [4.78, 5) is 11.6. The maximum absolute atomic E-state index is 11.6. The summed E-state index contributed by atoms with van der Waals surface area (Å²) >= 11 is 0. The van der Waals surface area contributed by atoms with E-state index in [1.807, 2.05) is 12.1 Å². The Morgan fingerprint density at radius 1 is 1.53 bits per heavy atom. The SMILES string of the molecule is CC/C(C)=C/c1cc2c(o1)CCCC2=O. The van der Waals surface area contributed by atoms with Gasteiger partial charge in [0.05, 0.1) is 5.56 Å². The van der Waals surface area contributed by atoms with Crippen LogP contribution in [0.15, 0.2) is 16.1 Å². The number of carbonyl (C=O) groups excluding carboxylic acids is 1. The molecule has 2 rings (SSSR count). The van der Waals surface area contributed by atoms with Crippen LogP contribution in [0.3, 0.4) is 0 Å². The van der Waals surface area contributed by atoms with Gasteiger partial charge in [0.2, 0.25) is 0 Å². The number of allylic oxidation sites excluding steroid dienone is 1. The standard InChI is InChI=1S/C13H16O2/c1-3-9(2)7-10-8-11-12(14)5-4-6-13(11)15-10/h7-8H,3-6H2,1-2H3/b9-7+. The van der Waals surface area contributed by atoms with Gasteiger partial charge in [0, 0.05) is 12.8 Å². The highest BCUT2D eigenvalue weighted by Gasteiger charge is 2.21. The Bertz CT molecular complexity index is 410. The molecular formula is C13H16O2. The molecular weight excluding hydrogens is 188 g/mol. The van der Waals surface area contributed by atoms with Gasteiger partial charge in [0.1, 0.15) is 11.5 Å². The van der Waals surface area contributed by atoms with E-state index in [4.69, 9.17) is 4.42 Å².